The molecule has 0 amide bonds. The molecule has 0 atom stereocenters. The third kappa shape index (κ3) is 4.88. The van der Waals surface area contributed by atoms with E-state index in [1.54, 1.807) is 0 Å². The predicted molar refractivity (Wildman–Crippen MR) is 76.3 cm³/mol. The van der Waals surface area contributed by atoms with Crippen LogP contribution in [0.5, 0.6) is 5.75 Å². The number of ether oxygens (including phenoxy) is 1. The van der Waals surface area contributed by atoms with Crippen LogP contribution in [0.1, 0.15) is 32.8 Å². The van der Waals surface area contributed by atoms with E-state index < -0.39 is 0 Å². The predicted octanol–water partition coefficient (Wildman–Crippen LogP) is 5.16. The average Bonchev–Trinajstić information content (AvgIpc) is 2.18. The third-order valence-corrected chi connectivity index (χ3v) is 3.53. The van der Waals surface area contributed by atoms with E-state index >= 15 is 0 Å². The van der Waals surface area contributed by atoms with E-state index in [0.29, 0.717) is 5.41 Å². The molecule has 0 aromatic heterocycles. The minimum atomic E-state index is 0.322. The van der Waals surface area contributed by atoms with E-state index in [9.17, 15) is 0 Å². The maximum Gasteiger partial charge on any atom is 0.133 e. The van der Waals surface area contributed by atoms with E-state index in [0.717, 1.165) is 28.6 Å². The van der Waals surface area contributed by atoms with Gasteiger partial charge in [0.25, 0.3) is 0 Å². The molecule has 0 N–H and O–H groups in total. The first-order valence-corrected chi connectivity index (χ1v) is 7.31. The van der Waals surface area contributed by atoms with Crippen LogP contribution in [0.4, 0.5) is 0 Å². The maximum atomic E-state index is 5.75. The summed E-state index contributed by atoms with van der Waals surface area (Å²) in [7, 11) is 0. The Labute approximate surface area is 115 Å². The molecule has 0 radical (unpaired) electrons. The quantitative estimate of drug-likeness (QED) is 0.682. The molecule has 1 aromatic carbocycles. The third-order valence-electron chi connectivity index (χ3n) is 2.26. The average molecular weight is 350 g/mol. The Balaban J connectivity index is 2.55. The van der Waals surface area contributed by atoms with Crippen molar-refractivity contribution < 1.29 is 4.74 Å². The lowest BCUT2D eigenvalue weighted by Crippen LogP contribution is -2.11. The van der Waals surface area contributed by atoms with Crippen LogP contribution >= 0.6 is 31.9 Å². The van der Waals surface area contributed by atoms with Crippen molar-refractivity contribution in [3.05, 3.63) is 28.2 Å². The molecule has 0 unspecified atom stereocenters. The SMILES string of the molecule is CC(C)(C)CCOc1ccc(CBr)cc1Br. The van der Waals surface area contributed by atoms with Crippen molar-refractivity contribution in [1.29, 1.82) is 0 Å². The molecule has 1 rings (SSSR count). The zero-order chi connectivity index (χ0) is 12.2. The van der Waals surface area contributed by atoms with Crippen LogP contribution in [0.2, 0.25) is 0 Å². The smallest absolute Gasteiger partial charge is 0.133 e. The van der Waals surface area contributed by atoms with E-state index in [1.807, 2.05) is 6.07 Å². The standard InChI is InChI=1S/C13H18Br2O/c1-13(2,3)6-7-16-12-5-4-10(9-14)8-11(12)15/h4-5,8H,6-7,9H2,1-3H3. The van der Waals surface area contributed by atoms with Gasteiger partial charge in [-0.25, -0.2) is 0 Å². The summed E-state index contributed by atoms with van der Waals surface area (Å²) in [6.45, 7) is 7.42. The van der Waals surface area contributed by atoms with Crippen LogP contribution in [-0.2, 0) is 5.33 Å². The molecule has 0 bridgehead atoms. The monoisotopic (exact) mass is 348 g/mol. The molecule has 1 nitrogen and oxygen atoms in total. The van der Waals surface area contributed by atoms with Gasteiger partial charge >= 0.3 is 0 Å². The van der Waals surface area contributed by atoms with Crippen molar-refractivity contribution in [3.8, 4) is 5.75 Å². The molecule has 0 saturated carbocycles. The largest absolute Gasteiger partial charge is 0.492 e. The summed E-state index contributed by atoms with van der Waals surface area (Å²) in [4.78, 5) is 0. The molecule has 0 aliphatic rings. The topological polar surface area (TPSA) is 9.23 Å². The molecule has 0 spiro atoms. The number of hydrogen-bond donors (Lipinski definition) is 0. The van der Waals surface area contributed by atoms with Crippen LogP contribution in [0, 0.1) is 5.41 Å². The van der Waals surface area contributed by atoms with Gasteiger partial charge in [-0.3, -0.25) is 0 Å². The van der Waals surface area contributed by atoms with Gasteiger partial charge in [-0.2, -0.15) is 0 Å². The second-order valence-electron chi connectivity index (χ2n) is 5.06. The Morgan fingerprint density at radius 2 is 1.94 bits per heavy atom. The first-order chi connectivity index (χ1) is 7.42. The summed E-state index contributed by atoms with van der Waals surface area (Å²) in [5.41, 5.74) is 1.57. The molecule has 0 aliphatic heterocycles. The first kappa shape index (κ1) is 14.0. The Morgan fingerprint density at radius 1 is 1.25 bits per heavy atom. The molecule has 0 heterocycles. The van der Waals surface area contributed by atoms with Gasteiger partial charge in [0.1, 0.15) is 5.75 Å². The molecule has 3 heteroatoms. The van der Waals surface area contributed by atoms with Gasteiger partial charge < -0.3 is 4.74 Å². The highest BCUT2D eigenvalue weighted by Gasteiger charge is 2.10. The van der Waals surface area contributed by atoms with Gasteiger partial charge in [0.05, 0.1) is 11.1 Å². The fraction of sp³-hybridized carbons (Fsp3) is 0.538. The highest BCUT2D eigenvalue weighted by Crippen LogP contribution is 2.28. The normalized spacial score (nSPS) is 11.6. The first-order valence-electron chi connectivity index (χ1n) is 5.39. The van der Waals surface area contributed by atoms with Crippen molar-refractivity contribution in [2.75, 3.05) is 6.61 Å². The molecule has 0 saturated heterocycles. The van der Waals surface area contributed by atoms with E-state index in [4.69, 9.17) is 4.74 Å². The van der Waals surface area contributed by atoms with Crippen molar-refractivity contribution in [2.24, 2.45) is 5.41 Å². The maximum absolute atomic E-state index is 5.75. The van der Waals surface area contributed by atoms with Gasteiger partial charge in [-0.1, -0.05) is 42.8 Å². The summed E-state index contributed by atoms with van der Waals surface area (Å²) in [5, 5.41) is 0.869. The van der Waals surface area contributed by atoms with Gasteiger partial charge in [0, 0.05) is 5.33 Å². The summed E-state index contributed by atoms with van der Waals surface area (Å²) >= 11 is 6.96. The summed E-state index contributed by atoms with van der Waals surface area (Å²) in [5.74, 6) is 0.925. The van der Waals surface area contributed by atoms with Crippen LogP contribution in [0.3, 0.4) is 0 Å². The van der Waals surface area contributed by atoms with Crippen molar-refractivity contribution in [2.45, 2.75) is 32.5 Å². The molecular formula is C13H18Br2O. The number of alkyl halides is 1. The highest BCUT2D eigenvalue weighted by atomic mass is 79.9. The molecular weight excluding hydrogens is 332 g/mol. The fourth-order valence-corrected chi connectivity index (χ4v) is 2.10. The zero-order valence-electron chi connectivity index (χ0n) is 10.0. The molecule has 90 valence electrons. The lowest BCUT2D eigenvalue weighted by Gasteiger charge is -2.18. The number of halogens is 2. The Morgan fingerprint density at radius 3 is 2.44 bits per heavy atom. The van der Waals surface area contributed by atoms with Gasteiger partial charge in [-0.15, -0.1) is 0 Å². The summed E-state index contributed by atoms with van der Waals surface area (Å²) in [6.07, 6.45) is 1.06. The van der Waals surface area contributed by atoms with Gasteiger partial charge in [0.2, 0.25) is 0 Å². The van der Waals surface area contributed by atoms with E-state index in [2.05, 4.69) is 64.8 Å². The minimum Gasteiger partial charge on any atom is -0.492 e. The highest BCUT2D eigenvalue weighted by molar-refractivity contribution is 9.10. The minimum absolute atomic E-state index is 0.322. The lowest BCUT2D eigenvalue weighted by atomic mass is 9.93. The van der Waals surface area contributed by atoms with Crippen molar-refractivity contribution in [1.82, 2.24) is 0 Å². The van der Waals surface area contributed by atoms with Gasteiger partial charge in [0.15, 0.2) is 0 Å². The van der Waals surface area contributed by atoms with E-state index in [1.165, 1.54) is 5.56 Å². The lowest BCUT2D eigenvalue weighted by molar-refractivity contribution is 0.242. The van der Waals surface area contributed by atoms with E-state index in [-0.39, 0.29) is 0 Å². The summed E-state index contributed by atoms with van der Waals surface area (Å²) in [6, 6.07) is 6.18. The Hall–Kier alpha value is -0.0200. The fourth-order valence-electron chi connectivity index (χ4n) is 1.21. The number of hydrogen-bond acceptors (Lipinski definition) is 1. The molecule has 16 heavy (non-hydrogen) atoms. The van der Waals surface area contributed by atoms with Gasteiger partial charge in [-0.05, 0) is 45.5 Å². The van der Waals surface area contributed by atoms with Crippen LogP contribution < -0.4 is 4.74 Å². The molecule has 1 aromatic rings. The Bertz CT molecular complexity index is 342. The second kappa shape index (κ2) is 6.06. The summed E-state index contributed by atoms with van der Waals surface area (Å²) < 4.78 is 6.78. The van der Waals surface area contributed by atoms with Crippen LogP contribution in [0.15, 0.2) is 22.7 Å². The molecule has 0 fully saturated rings. The van der Waals surface area contributed by atoms with Crippen molar-refractivity contribution in [3.63, 3.8) is 0 Å². The Kier molecular flexibility index (Phi) is 5.32. The molecule has 0 aliphatic carbocycles. The number of rotatable bonds is 4. The zero-order valence-corrected chi connectivity index (χ0v) is 13.2. The number of benzene rings is 1. The second-order valence-corrected chi connectivity index (χ2v) is 6.47. The van der Waals surface area contributed by atoms with Crippen LogP contribution in [0.25, 0.3) is 0 Å². The van der Waals surface area contributed by atoms with Crippen molar-refractivity contribution >= 4 is 31.9 Å². The van der Waals surface area contributed by atoms with Crippen LogP contribution in [-0.4, -0.2) is 6.61 Å².